The number of nitrogens with zero attached hydrogens (tertiary/aromatic N) is 2. The van der Waals surface area contributed by atoms with Gasteiger partial charge in [-0.1, -0.05) is 6.58 Å². The SMILES string of the molecule is B/C(N)=N/N=C\C=C. The van der Waals surface area contributed by atoms with Gasteiger partial charge in [-0.05, 0) is 6.08 Å². The lowest BCUT2D eigenvalue weighted by Gasteiger charge is -1.78. The Kier molecular flexibility index (Phi) is 3.57. The maximum Gasteiger partial charge on any atom is 0.188 e. The number of hydrogen-bond donors (Lipinski definition) is 1. The van der Waals surface area contributed by atoms with Gasteiger partial charge in [0.15, 0.2) is 7.85 Å². The van der Waals surface area contributed by atoms with Crippen molar-refractivity contribution in [3.63, 3.8) is 0 Å². The normalized spacial score (nSPS) is 12.2. The first-order valence-electron chi connectivity index (χ1n) is 2.21. The molecule has 4 heteroatoms. The molecule has 0 aromatic rings. The van der Waals surface area contributed by atoms with Crippen molar-refractivity contribution in [3.05, 3.63) is 12.7 Å². The van der Waals surface area contributed by atoms with Gasteiger partial charge in [0.2, 0.25) is 0 Å². The minimum atomic E-state index is 0.447. The Labute approximate surface area is 49.4 Å². The summed E-state index contributed by atoms with van der Waals surface area (Å²) in [7, 11) is 1.67. The zero-order valence-electron chi connectivity index (χ0n) is 4.83. The average Bonchev–Trinajstić information content (AvgIpc) is 1.66. The number of rotatable bonds is 2. The number of hydrogen-bond acceptors (Lipinski definition) is 2. The molecule has 0 saturated heterocycles. The van der Waals surface area contributed by atoms with Crippen LogP contribution in [0.4, 0.5) is 0 Å². The third-order valence-corrected chi connectivity index (χ3v) is 0.388. The largest absolute Gasteiger partial charge is 0.394 e. The number of allylic oxidation sites excluding steroid dienone is 1. The van der Waals surface area contributed by atoms with Crippen molar-refractivity contribution < 1.29 is 0 Å². The highest BCUT2D eigenvalue weighted by molar-refractivity contribution is 6.58. The monoisotopic (exact) mass is 109 g/mol. The van der Waals surface area contributed by atoms with Crippen LogP contribution in [0.3, 0.4) is 0 Å². The van der Waals surface area contributed by atoms with Gasteiger partial charge in [-0.15, -0.1) is 5.10 Å². The van der Waals surface area contributed by atoms with E-state index in [1.807, 2.05) is 0 Å². The minimum absolute atomic E-state index is 0.447. The topological polar surface area (TPSA) is 50.7 Å². The molecule has 8 heavy (non-hydrogen) atoms. The van der Waals surface area contributed by atoms with E-state index < -0.39 is 0 Å². The van der Waals surface area contributed by atoms with Crippen molar-refractivity contribution in [3.8, 4) is 0 Å². The molecular weight excluding hydrogens is 101 g/mol. The van der Waals surface area contributed by atoms with E-state index in [4.69, 9.17) is 5.73 Å². The molecule has 0 aliphatic heterocycles. The van der Waals surface area contributed by atoms with Crippen LogP contribution >= 0.6 is 0 Å². The third kappa shape index (κ3) is 4.94. The zero-order valence-corrected chi connectivity index (χ0v) is 4.83. The highest BCUT2D eigenvalue weighted by Gasteiger charge is 1.69. The summed E-state index contributed by atoms with van der Waals surface area (Å²) in [6.07, 6.45) is 3.00. The molecular formula is C4H8BN3. The highest BCUT2D eigenvalue weighted by atomic mass is 15.2. The quantitative estimate of drug-likeness (QED) is 0.212. The fraction of sp³-hybridized carbons (Fsp3) is 0. The van der Waals surface area contributed by atoms with Crippen molar-refractivity contribution in [2.24, 2.45) is 15.9 Å². The molecule has 0 spiro atoms. The molecule has 0 rings (SSSR count). The van der Waals surface area contributed by atoms with Crippen LogP contribution in [0.1, 0.15) is 0 Å². The van der Waals surface area contributed by atoms with E-state index >= 15 is 0 Å². The summed E-state index contributed by atoms with van der Waals surface area (Å²) in [4.78, 5) is 0. The predicted octanol–water partition coefficient (Wildman–Crippen LogP) is -0.894. The zero-order chi connectivity index (χ0) is 6.41. The van der Waals surface area contributed by atoms with Crippen LogP contribution in [0, 0.1) is 0 Å². The van der Waals surface area contributed by atoms with E-state index in [1.165, 1.54) is 12.3 Å². The smallest absolute Gasteiger partial charge is 0.188 e. The molecule has 0 saturated carbocycles. The molecule has 0 aromatic heterocycles. The minimum Gasteiger partial charge on any atom is -0.394 e. The summed E-state index contributed by atoms with van der Waals surface area (Å²) in [6.45, 7) is 3.40. The Bertz CT molecular complexity index is 123. The molecule has 3 nitrogen and oxygen atoms in total. The van der Waals surface area contributed by atoms with Crippen molar-refractivity contribution in [1.29, 1.82) is 0 Å². The molecule has 2 N–H and O–H groups in total. The Morgan fingerprint density at radius 3 is 2.75 bits per heavy atom. The Hall–Kier alpha value is -1.06. The number of nitrogens with two attached hydrogens (primary N) is 1. The highest BCUT2D eigenvalue weighted by Crippen LogP contribution is 1.66. The van der Waals surface area contributed by atoms with E-state index in [0.29, 0.717) is 5.73 Å². The third-order valence-electron chi connectivity index (χ3n) is 0.388. The Balaban J connectivity index is 3.57. The van der Waals surface area contributed by atoms with E-state index in [-0.39, 0.29) is 0 Å². The second-order valence-electron chi connectivity index (χ2n) is 1.24. The van der Waals surface area contributed by atoms with E-state index in [2.05, 4.69) is 16.8 Å². The lowest BCUT2D eigenvalue weighted by atomic mass is 10.1. The van der Waals surface area contributed by atoms with Gasteiger partial charge >= 0.3 is 0 Å². The van der Waals surface area contributed by atoms with Crippen LogP contribution in [0.25, 0.3) is 0 Å². The number of amidine groups is 1. The van der Waals surface area contributed by atoms with Crippen LogP contribution in [0.15, 0.2) is 22.9 Å². The Morgan fingerprint density at radius 2 is 2.38 bits per heavy atom. The second-order valence-corrected chi connectivity index (χ2v) is 1.24. The molecule has 0 heterocycles. The summed E-state index contributed by atoms with van der Waals surface area (Å²) in [5.74, 6) is 0. The van der Waals surface area contributed by atoms with Gasteiger partial charge in [-0.3, -0.25) is 0 Å². The lowest BCUT2D eigenvalue weighted by Crippen LogP contribution is -2.09. The molecule has 0 amide bonds. The molecule has 0 fully saturated rings. The average molecular weight is 109 g/mol. The molecule has 0 aliphatic carbocycles. The van der Waals surface area contributed by atoms with Crippen molar-refractivity contribution in [1.82, 2.24) is 0 Å². The first-order valence-corrected chi connectivity index (χ1v) is 2.21. The summed E-state index contributed by atoms with van der Waals surface area (Å²) < 4.78 is 0. The van der Waals surface area contributed by atoms with E-state index in [1.54, 1.807) is 7.85 Å². The summed E-state index contributed by atoms with van der Waals surface area (Å²) in [5.41, 5.74) is 5.58. The first kappa shape index (κ1) is 6.94. The van der Waals surface area contributed by atoms with Gasteiger partial charge in [-0.25, -0.2) is 0 Å². The van der Waals surface area contributed by atoms with Crippen LogP contribution in [-0.4, -0.2) is 19.8 Å². The summed E-state index contributed by atoms with van der Waals surface area (Å²) in [5, 5.41) is 7.02. The Morgan fingerprint density at radius 1 is 1.75 bits per heavy atom. The maximum absolute atomic E-state index is 5.14. The van der Waals surface area contributed by atoms with Crippen LogP contribution < -0.4 is 5.73 Å². The van der Waals surface area contributed by atoms with Gasteiger partial charge in [0, 0.05) is 6.21 Å². The van der Waals surface area contributed by atoms with Crippen LogP contribution in [0.5, 0.6) is 0 Å². The van der Waals surface area contributed by atoms with Crippen LogP contribution in [0.2, 0.25) is 0 Å². The van der Waals surface area contributed by atoms with Crippen LogP contribution in [-0.2, 0) is 0 Å². The standard InChI is InChI=1S/C4H8BN3/c1-2-3-7-8-4(5)6/h2-3H,1,5H2,(H2,6,8)/b7-3-. The van der Waals surface area contributed by atoms with E-state index in [9.17, 15) is 0 Å². The molecule has 0 aromatic carbocycles. The maximum atomic E-state index is 5.14. The fourth-order valence-corrected chi connectivity index (χ4v) is 0.172. The fourth-order valence-electron chi connectivity index (χ4n) is 0.172. The molecule has 42 valence electrons. The van der Waals surface area contributed by atoms with Gasteiger partial charge in [-0.2, -0.15) is 5.10 Å². The van der Waals surface area contributed by atoms with Crippen molar-refractivity contribution in [2.75, 3.05) is 0 Å². The van der Waals surface area contributed by atoms with Gasteiger partial charge in [0.1, 0.15) is 0 Å². The molecule has 0 aliphatic rings. The lowest BCUT2D eigenvalue weighted by molar-refractivity contribution is 1.25. The first-order chi connectivity index (χ1) is 3.77. The van der Waals surface area contributed by atoms with Crippen molar-refractivity contribution >= 4 is 19.8 Å². The molecule has 0 bridgehead atoms. The predicted molar refractivity (Wildman–Crippen MR) is 38.9 cm³/mol. The second kappa shape index (κ2) is 4.11. The molecule has 0 radical (unpaired) electrons. The molecule has 0 atom stereocenters. The summed E-state index contributed by atoms with van der Waals surface area (Å²) >= 11 is 0. The van der Waals surface area contributed by atoms with E-state index in [0.717, 1.165) is 0 Å². The van der Waals surface area contributed by atoms with Crippen molar-refractivity contribution in [2.45, 2.75) is 0 Å². The molecule has 0 unspecified atom stereocenters. The van der Waals surface area contributed by atoms with Gasteiger partial charge in [0.05, 0.1) is 5.73 Å². The van der Waals surface area contributed by atoms with Gasteiger partial charge < -0.3 is 5.73 Å². The summed E-state index contributed by atoms with van der Waals surface area (Å²) in [6, 6.07) is 0. The van der Waals surface area contributed by atoms with Gasteiger partial charge in [0.25, 0.3) is 0 Å².